The fourth-order valence-corrected chi connectivity index (χ4v) is 3.08. The van der Waals surface area contributed by atoms with E-state index in [9.17, 15) is 5.11 Å². The van der Waals surface area contributed by atoms with E-state index >= 15 is 0 Å². The molecule has 24 heavy (non-hydrogen) atoms. The first kappa shape index (κ1) is 17.8. The van der Waals surface area contributed by atoms with Crippen molar-refractivity contribution in [3.8, 4) is 0 Å². The molecule has 0 saturated carbocycles. The summed E-state index contributed by atoms with van der Waals surface area (Å²) >= 11 is 0. The smallest absolute Gasteiger partial charge is 0.186 e. The number of rotatable bonds is 6. The third-order valence-corrected chi connectivity index (χ3v) is 4.42. The molecule has 0 bridgehead atoms. The van der Waals surface area contributed by atoms with Crippen LogP contribution in [-0.2, 0) is 23.7 Å². The lowest BCUT2D eigenvalue weighted by atomic mass is 9.97. The second kappa shape index (κ2) is 8.38. The summed E-state index contributed by atoms with van der Waals surface area (Å²) in [6, 6.07) is 9.68. The van der Waals surface area contributed by atoms with Gasteiger partial charge in [-0.1, -0.05) is 43.7 Å². The zero-order valence-corrected chi connectivity index (χ0v) is 14.2. The van der Waals surface area contributed by atoms with Crippen molar-refractivity contribution < 1.29 is 28.8 Å². The van der Waals surface area contributed by atoms with Crippen molar-refractivity contribution in [2.24, 2.45) is 0 Å². The Morgan fingerprint density at radius 3 is 2.71 bits per heavy atom. The molecule has 2 aliphatic rings. The molecule has 1 aromatic carbocycles. The van der Waals surface area contributed by atoms with E-state index in [2.05, 4.69) is 6.92 Å². The van der Waals surface area contributed by atoms with Crippen molar-refractivity contribution in [3.05, 3.63) is 35.9 Å². The Kier molecular flexibility index (Phi) is 6.21. The Bertz CT molecular complexity index is 496. The van der Waals surface area contributed by atoms with E-state index in [1.165, 1.54) is 0 Å². The number of unbranched alkanes of at least 4 members (excludes halogenated alkanes) is 1. The van der Waals surface area contributed by atoms with E-state index in [1.54, 1.807) is 7.11 Å². The van der Waals surface area contributed by atoms with Gasteiger partial charge in [0.15, 0.2) is 12.6 Å². The van der Waals surface area contributed by atoms with Crippen molar-refractivity contribution in [2.75, 3.05) is 20.3 Å². The van der Waals surface area contributed by atoms with Gasteiger partial charge in [-0.2, -0.15) is 0 Å². The molecule has 2 fully saturated rings. The number of fused-ring (bicyclic) bond motifs is 1. The van der Waals surface area contributed by atoms with E-state index in [1.807, 2.05) is 30.3 Å². The highest BCUT2D eigenvalue weighted by molar-refractivity contribution is 5.16. The standard InChI is InChI=1S/C18H26O6/c1-3-4-10-21-16-14(19)15-13(23-18(16)20-2)11-22-17(24-15)12-8-6-5-7-9-12/h5-9,13-19H,3-4,10-11H2,1-2H3. The lowest BCUT2D eigenvalue weighted by Gasteiger charge is -2.47. The molecule has 6 heteroatoms. The molecule has 6 atom stereocenters. The van der Waals surface area contributed by atoms with E-state index < -0.39 is 30.9 Å². The summed E-state index contributed by atoms with van der Waals surface area (Å²) in [5.41, 5.74) is 0.917. The fraction of sp³-hybridized carbons (Fsp3) is 0.667. The Labute approximate surface area is 142 Å². The Morgan fingerprint density at radius 2 is 2.00 bits per heavy atom. The predicted molar refractivity (Wildman–Crippen MR) is 86.3 cm³/mol. The minimum absolute atomic E-state index is 0.336. The first-order valence-corrected chi connectivity index (χ1v) is 8.54. The van der Waals surface area contributed by atoms with Gasteiger partial charge in [0.05, 0.1) is 6.61 Å². The zero-order valence-electron chi connectivity index (χ0n) is 14.2. The average molecular weight is 338 g/mol. The van der Waals surface area contributed by atoms with Crippen LogP contribution >= 0.6 is 0 Å². The quantitative estimate of drug-likeness (QED) is 0.801. The topological polar surface area (TPSA) is 66.4 Å². The maximum absolute atomic E-state index is 10.8. The van der Waals surface area contributed by atoms with Crippen LogP contribution in [0.15, 0.2) is 30.3 Å². The van der Waals surface area contributed by atoms with Crippen LogP contribution in [0.1, 0.15) is 31.6 Å². The summed E-state index contributed by atoms with van der Waals surface area (Å²) in [5, 5.41) is 10.8. The predicted octanol–water partition coefficient (Wildman–Crippen LogP) is 2.02. The van der Waals surface area contributed by atoms with Gasteiger partial charge in [-0.3, -0.25) is 0 Å². The zero-order chi connectivity index (χ0) is 16.9. The number of hydrogen-bond donors (Lipinski definition) is 1. The van der Waals surface area contributed by atoms with Gasteiger partial charge in [0.1, 0.15) is 24.4 Å². The SMILES string of the molecule is CCCCOC1C(OC)OC2COC(c3ccccc3)OC2C1O. The van der Waals surface area contributed by atoms with Crippen molar-refractivity contribution in [1.29, 1.82) is 0 Å². The van der Waals surface area contributed by atoms with Gasteiger partial charge in [-0.05, 0) is 6.42 Å². The van der Waals surface area contributed by atoms with E-state index in [0.29, 0.717) is 13.2 Å². The molecule has 2 aliphatic heterocycles. The molecule has 3 rings (SSSR count). The van der Waals surface area contributed by atoms with Crippen LogP contribution in [0.2, 0.25) is 0 Å². The molecule has 1 aromatic rings. The number of aliphatic hydroxyl groups excluding tert-OH is 1. The van der Waals surface area contributed by atoms with Crippen LogP contribution < -0.4 is 0 Å². The van der Waals surface area contributed by atoms with E-state index in [-0.39, 0.29) is 6.10 Å². The summed E-state index contributed by atoms with van der Waals surface area (Å²) in [7, 11) is 1.55. The molecule has 0 spiro atoms. The molecule has 6 unspecified atom stereocenters. The molecule has 2 saturated heterocycles. The van der Waals surface area contributed by atoms with Crippen LogP contribution in [0.4, 0.5) is 0 Å². The molecule has 2 heterocycles. The van der Waals surface area contributed by atoms with Gasteiger partial charge in [0.2, 0.25) is 0 Å². The van der Waals surface area contributed by atoms with Gasteiger partial charge >= 0.3 is 0 Å². The van der Waals surface area contributed by atoms with Crippen molar-refractivity contribution >= 4 is 0 Å². The number of ether oxygens (including phenoxy) is 5. The van der Waals surface area contributed by atoms with Gasteiger partial charge in [0.25, 0.3) is 0 Å². The lowest BCUT2D eigenvalue weighted by molar-refractivity contribution is -0.362. The Balaban J connectivity index is 1.69. The Hall–Kier alpha value is -1.02. The maximum Gasteiger partial charge on any atom is 0.186 e. The Morgan fingerprint density at radius 1 is 1.21 bits per heavy atom. The highest BCUT2D eigenvalue weighted by atomic mass is 16.8. The summed E-state index contributed by atoms with van der Waals surface area (Å²) in [6.45, 7) is 2.98. The molecule has 6 nitrogen and oxygen atoms in total. The normalized spacial score (nSPS) is 36.3. The fourth-order valence-electron chi connectivity index (χ4n) is 3.08. The molecule has 0 radical (unpaired) electrons. The van der Waals surface area contributed by atoms with Gasteiger partial charge < -0.3 is 28.8 Å². The van der Waals surface area contributed by atoms with Gasteiger partial charge in [-0.15, -0.1) is 0 Å². The van der Waals surface area contributed by atoms with Crippen LogP contribution in [0, 0.1) is 0 Å². The van der Waals surface area contributed by atoms with Gasteiger partial charge in [0, 0.05) is 19.3 Å². The number of aliphatic hydroxyl groups is 1. The molecule has 1 N–H and O–H groups in total. The molecular formula is C18H26O6. The van der Waals surface area contributed by atoms with Crippen LogP contribution in [0.3, 0.4) is 0 Å². The van der Waals surface area contributed by atoms with Crippen molar-refractivity contribution in [3.63, 3.8) is 0 Å². The summed E-state index contributed by atoms with van der Waals surface area (Å²) in [5.74, 6) is 0. The van der Waals surface area contributed by atoms with E-state index in [4.69, 9.17) is 23.7 Å². The van der Waals surface area contributed by atoms with Crippen LogP contribution in [0.5, 0.6) is 0 Å². The lowest BCUT2D eigenvalue weighted by Crippen LogP contribution is -2.62. The third kappa shape index (κ3) is 3.79. The number of methoxy groups -OCH3 is 1. The maximum atomic E-state index is 10.8. The summed E-state index contributed by atoms with van der Waals surface area (Å²) < 4.78 is 28.8. The molecule has 0 aliphatic carbocycles. The van der Waals surface area contributed by atoms with Crippen LogP contribution in [0.25, 0.3) is 0 Å². The van der Waals surface area contributed by atoms with Gasteiger partial charge in [-0.25, -0.2) is 0 Å². The summed E-state index contributed by atoms with van der Waals surface area (Å²) in [4.78, 5) is 0. The minimum Gasteiger partial charge on any atom is -0.387 e. The molecule has 0 amide bonds. The number of hydrogen-bond acceptors (Lipinski definition) is 6. The monoisotopic (exact) mass is 338 g/mol. The highest BCUT2D eigenvalue weighted by Gasteiger charge is 2.50. The summed E-state index contributed by atoms with van der Waals surface area (Å²) in [6.07, 6.45) is -1.49. The minimum atomic E-state index is -0.833. The average Bonchev–Trinajstić information content (AvgIpc) is 2.64. The van der Waals surface area contributed by atoms with E-state index in [0.717, 1.165) is 18.4 Å². The van der Waals surface area contributed by atoms with Crippen molar-refractivity contribution in [2.45, 2.75) is 56.8 Å². The first-order valence-electron chi connectivity index (χ1n) is 8.54. The molecule has 134 valence electrons. The molecular weight excluding hydrogens is 312 g/mol. The first-order chi connectivity index (χ1) is 11.7. The second-order valence-electron chi connectivity index (χ2n) is 6.13. The van der Waals surface area contributed by atoms with Crippen LogP contribution in [-0.4, -0.2) is 56.1 Å². The largest absolute Gasteiger partial charge is 0.387 e. The highest BCUT2D eigenvalue weighted by Crippen LogP contribution is 2.35. The second-order valence-corrected chi connectivity index (χ2v) is 6.13. The molecule has 0 aromatic heterocycles. The van der Waals surface area contributed by atoms with Crippen molar-refractivity contribution in [1.82, 2.24) is 0 Å². The third-order valence-electron chi connectivity index (χ3n) is 4.42. The number of benzene rings is 1.